The fourth-order valence-corrected chi connectivity index (χ4v) is 3.29. The van der Waals surface area contributed by atoms with Gasteiger partial charge in [0.15, 0.2) is 0 Å². The normalized spacial score (nSPS) is 14.4. The first-order valence-corrected chi connectivity index (χ1v) is 7.20. The molecule has 0 amide bonds. The van der Waals surface area contributed by atoms with Crippen LogP contribution < -0.4 is 0 Å². The number of hydrogen-bond acceptors (Lipinski definition) is 3. The van der Waals surface area contributed by atoms with Crippen molar-refractivity contribution >= 4 is 21.4 Å². The average molecular weight is 269 g/mol. The summed E-state index contributed by atoms with van der Waals surface area (Å²) in [6, 6.07) is 14.0. The van der Waals surface area contributed by atoms with E-state index in [9.17, 15) is 5.11 Å². The van der Waals surface area contributed by atoms with Crippen LogP contribution in [0.25, 0.3) is 10.1 Å². The first-order chi connectivity index (χ1) is 9.27. The smallest absolute Gasteiger partial charge is 0.0885 e. The molecule has 1 N–H and O–H groups in total. The van der Waals surface area contributed by atoms with Gasteiger partial charge in [0.1, 0.15) is 0 Å². The van der Waals surface area contributed by atoms with Crippen molar-refractivity contribution in [2.75, 3.05) is 0 Å². The molecular formula is C16H15NOS. The maximum Gasteiger partial charge on any atom is 0.0885 e. The molecule has 0 fully saturated rings. The second kappa shape index (κ2) is 5.11. The quantitative estimate of drug-likeness (QED) is 0.775. The number of aliphatic hydroxyl groups excluding tert-OH is 1. The van der Waals surface area contributed by atoms with Gasteiger partial charge >= 0.3 is 0 Å². The van der Waals surface area contributed by atoms with Crippen LogP contribution in [0.2, 0.25) is 0 Å². The van der Waals surface area contributed by atoms with Crippen LogP contribution in [0.15, 0.2) is 54.0 Å². The number of rotatable bonds is 3. The topological polar surface area (TPSA) is 33.1 Å². The van der Waals surface area contributed by atoms with Gasteiger partial charge in [0, 0.05) is 22.5 Å². The molecule has 2 unspecified atom stereocenters. The molecule has 19 heavy (non-hydrogen) atoms. The standard InChI is InChI=1S/C16H15NOS/c1-11(14-7-4-5-9-17-14)16(18)13-10-19-15-8-3-2-6-12(13)15/h2-11,16,18H,1H3. The van der Waals surface area contributed by atoms with Crippen LogP contribution in [-0.4, -0.2) is 10.1 Å². The van der Waals surface area contributed by atoms with Crippen LogP contribution in [0, 0.1) is 0 Å². The van der Waals surface area contributed by atoms with Gasteiger partial charge < -0.3 is 5.11 Å². The molecule has 2 heterocycles. The lowest BCUT2D eigenvalue weighted by Gasteiger charge is -2.18. The van der Waals surface area contributed by atoms with Crippen LogP contribution in [0.1, 0.15) is 30.2 Å². The van der Waals surface area contributed by atoms with Gasteiger partial charge in [-0.2, -0.15) is 0 Å². The molecule has 0 bridgehead atoms. The molecule has 0 saturated heterocycles. The van der Waals surface area contributed by atoms with E-state index in [1.54, 1.807) is 17.5 Å². The lowest BCUT2D eigenvalue weighted by Crippen LogP contribution is -2.08. The number of fused-ring (bicyclic) bond motifs is 1. The SMILES string of the molecule is CC(c1ccccn1)C(O)c1csc2ccccc12. The third kappa shape index (κ3) is 2.27. The van der Waals surface area contributed by atoms with E-state index in [0.717, 1.165) is 16.6 Å². The minimum atomic E-state index is -0.522. The molecule has 96 valence electrons. The van der Waals surface area contributed by atoms with E-state index in [0.29, 0.717) is 0 Å². The highest BCUT2D eigenvalue weighted by atomic mass is 32.1. The van der Waals surface area contributed by atoms with Crippen LogP contribution in [0.3, 0.4) is 0 Å². The van der Waals surface area contributed by atoms with E-state index in [-0.39, 0.29) is 5.92 Å². The number of pyridine rings is 1. The average Bonchev–Trinajstić information content (AvgIpc) is 2.90. The highest BCUT2D eigenvalue weighted by molar-refractivity contribution is 7.17. The van der Waals surface area contributed by atoms with Crippen LogP contribution in [-0.2, 0) is 0 Å². The molecule has 0 saturated carbocycles. The minimum absolute atomic E-state index is 0.0146. The van der Waals surface area contributed by atoms with Crippen LogP contribution >= 0.6 is 11.3 Å². The van der Waals surface area contributed by atoms with Crippen LogP contribution in [0.5, 0.6) is 0 Å². The maximum absolute atomic E-state index is 10.6. The fourth-order valence-electron chi connectivity index (χ4n) is 2.30. The minimum Gasteiger partial charge on any atom is -0.388 e. The number of benzene rings is 1. The molecule has 3 rings (SSSR count). The molecule has 3 heteroatoms. The molecule has 2 atom stereocenters. The zero-order chi connectivity index (χ0) is 13.2. The molecule has 2 aromatic heterocycles. The molecule has 1 aromatic carbocycles. The molecule has 0 aliphatic carbocycles. The van der Waals surface area contributed by atoms with Crippen molar-refractivity contribution in [2.45, 2.75) is 18.9 Å². The van der Waals surface area contributed by atoms with Gasteiger partial charge in [0.05, 0.1) is 6.10 Å². The Morgan fingerprint density at radius 3 is 2.68 bits per heavy atom. The summed E-state index contributed by atoms with van der Waals surface area (Å²) in [5.74, 6) is -0.0146. The summed E-state index contributed by atoms with van der Waals surface area (Å²) in [4.78, 5) is 4.33. The summed E-state index contributed by atoms with van der Waals surface area (Å²) in [5, 5.41) is 13.8. The predicted octanol–water partition coefficient (Wildman–Crippen LogP) is 4.13. The van der Waals surface area contributed by atoms with Crippen molar-refractivity contribution in [3.05, 3.63) is 65.3 Å². The van der Waals surface area contributed by atoms with E-state index in [1.165, 1.54) is 4.70 Å². The van der Waals surface area contributed by atoms with Crippen molar-refractivity contribution in [3.63, 3.8) is 0 Å². The molecule has 0 aliphatic heterocycles. The molecule has 0 aliphatic rings. The maximum atomic E-state index is 10.6. The summed E-state index contributed by atoms with van der Waals surface area (Å²) < 4.78 is 1.21. The Morgan fingerprint density at radius 1 is 1.11 bits per heavy atom. The zero-order valence-electron chi connectivity index (χ0n) is 10.7. The van der Waals surface area contributed by atoms with Crippen molar-refractivity contribution < 1.29 is 5.11 Å². The number of thiophene rings is 1. The monoisotopic (exact) mass is 269 g/mol. The third-order valence-corrected chi connectivity index (χ3v) is 4.44. The number of aromatic nitrogens is 1. The Bertz CT molecular complexity index is 677. The first kappa shape index (κ1) is 12.3. The first-order valence-electron chi connectivity index (χ1n) is 6.32. The summed E-state index contributed by atoms with van der Waals surface area (Å²) in [5.41, 5.74) is 1.92. The van der Waals surface area contributed by atoms with Crippen LogP contribution in [0.4, 0.5) is 0 Å². The van der Waals surface area contributed by atoms with Gasteiger partial charge in [-0.3, -0.25) is 4.98 Å². The summed E-state index contributed by atoms with van der Waals surface area (Å²) in [7, 11) is 0. The van der Waals surface area contributed by atoms with Crippen molar-refractivity contribution in [1.82, 2.24) is 4.98 Å². The van der Waals surface area contributed by atoms with Gasteiger partial charge in [-0.25, -0.2) is 0 Å². The molecular weight excluding hydrogens is 254 g/mol. The number of nitrogens with zero attached hydrogens (tertiary/aromatic N) is 1. The fraction of sp³-hybridized carbons (Fsp3) is 0.188. The van der Waals surface area contributed by atoms with Gasteiger partial charge in [-0.15, -0.1) is 11.3 Å². The van der Waals surface area contributed by atoms with Gasteiger partial charge in [0.25, 0.3) is 0 Å². The Balaban J connectivity index is 1.98. The van der Waals surface area contributed by atoms with Crippen molar-refractivity contribution in [2.24, 2.45) is 0 Å². The second-order valence-corrected chi connectivity index (χ2v) is 5.59. The number of hydrogen-bond donors (Lipinski definition) is 1. The van der Waals surface area contributed by atoms with Crippen molar-refractivity contribution in [1.29, 1.82) is 0 Å². The highest BCUT2D eigenvalue weighted by Gasteiger charge is 2.21. The van der Waals surface area contributed by atoms with E-state index in [2.05, 4.69) is 22.5 Å². The molecule has 3 aromatic rings. The predicted molar refractivity (Wildman–Crippen MR) is 79.4 cm³/mol. The Labute approximate surface area is 116 Å². The Hall–Kier alpha value is -1.71. The van der Waals surface area contributed by atoms with E-state index in [1.807, 2.05) is 37.3 Å². The van der Waals surface area contributed by atoms with E-state index >= 15 is 0 Å². The Morgan fingerprint density at radius 2 is 1.89 bits per heavy atom. The summed E-state index contributed by atoms with van der Waals surface area (Å²) in [6.45, 7) is 2.01. The second-order valence-electron chi connectivity index (χ2n) is 4.68. The molecule has 2 nitrogen and oxygen atoms in total. The van der Waals surface area contributed by atoms with Gasteiger partial charge in [0.2, 0.25) is 0 Å². The van der Waals surface area contributed by atoms with E-state index < -0.39 is 6.10 Å². The Kier molecular flexibility index (Phi) is 3.32. The summed E-state index contributed by atoms with van der Waals surface area (Å²) >= 11 is 1.67. The number of aliphatic hydroxyl groups is 1. The molecule has 0 radical (unpaired) electrons. The molecule has 0 spiro atoms. The van der Waals surface area contributed by atoms with Gasteiger partial charge in [-0.1, -0.05) is 31.2 Å². The third-order valence-electron chi connectivity index (χ3n) is 3.46. The highest BCUT2D eigenvalue weighted by Crippen LogP contribution is 2.36. The van der Waals surface area contributed by atoms with E-state index in [4.69, 9.17) is 0 Å². The van der Waals surface area contributed by atoms with Crippen molar-refractivity contribution in [3.8, 4) is 0 Å². The zero-order valence-corrected chi connectivity index (χ0v) is 11.5. The van der Waals surface area contributed by atoms with Gasteiger partial charge in [-0.05, 0) is 34.5 Å². The lowest BCUT2D eigenvalue weighted by molar-refractivity contribution is 0.152. The largest absolute Gasteiger partial charge is 0.388 e. The lowest BCUT2D eigenvalue weighted by atomic mass is 9.94. The summed E-state index contributed by atoms with van der Waals surface area (Å²) in [6.07, 6.45) is 1.25.